The maximum atomic E-state index is 13.8. The molecule has 0 bridgehead atoms. The van der Waals surface area contributed by atoms with E-state index in [2.05, 4.69) is 5.32 Å². The number of carbonyl (C=O) groups excluding carboxylic acids is 2. The summed E-state index contributed by atoms with van der Waals surface area (Å²) >= 11 is 11.0. The maximum Gasteiger partial charge on any atom is 0.277 e. The number of nitrogens with zero attached hydrogens (tertiary/aromatic N) is 1. The molecule has 21 heavy (non-hydrogen) atoms. The number of imide groups is 1. The van der Waals surface area contributed by atoms with Gasteiger partial charge in [0, 0.05) is 6.08 Å². The molecule has 0 saturated heterocycles. The van der Waals surface area contributed by atoms with Gasteiger partial charge in [-0.15, -0.1) is 0 Å². The van der Waals surface area contributed by atoms with E-state index in [1.54, 1.807) is 0 Å². The maximum absolute atomic E-state index is 13.8. The van der Waals surface area contributed by atoms with E-state index in [4.69, 9.17) is 28.3 Å². The molecule has 9 heteroatoms. The molecule has 2 N–H and O–H groups in total. The molecule has 1 heterocycles. The monoisotopic (exact) mass is 336 g/mol. The molecule has 1 aromatic rings. The number of aliphatic hydroxyl groups is 1. The van der Waals surface area contributed by atoms with Gasteiger partial charge in [-0.05, 0) is 6.07 Å². The van der Waals surface area contributed by atoms with E-state index in [0.29, 0.717) is 0 Å². The van der Waals surface area contributed by atoms with Crippen LogP contribution < -0.4 is 5.32 Å². The van der Waals surface area contributed by atoms with Gasteiger partial charge in [-0.2, -0.15) is 0 Å². The van der Waals surface area contributed by atoms with Crippen molar-refractivity contribution in [2.24, 2.45) is 0 Å². The molecule has 0 fully saturated rings. The van der Waals surface area contributed by atoms with Gasteiger partial charge in [-0.3, -0.25) is 14.5 Å². The first kappa shape index (κ1) is 15.7. The highest BCUT2D eigenvalue weighted by Gasteiger charge is 2.31. The number of β-amino-alcohol motifs (C(OH)–C–C–N with tert-alkyl or cyclic N) is 1. The van der Waals surface area contributed by atoms with Crippen LogP contribution in [0.3, 0.4) is 0 Å². The van der Waals surface area contributed by atoms with Gasteiger partial charge < -0.3 is 10.4 Å². The average molecular weight is 337 g/mol. The second kappa shape index (κ2) is 5.97. The molecule has 5 nitrogen and oxygen atoms in total. The molecule has 0 radical (unpaired) electrons. The number of rotatable bonds is 4. The predicted octanol–water partition coefficient (Wildman–Crippen LogP) is 1.93. The number of amides is 2. The highest BCUT2D eigenvalue weighted by molar-refractivity contribution is 6.35. The Morgan fingerprint density at radius 3 is 2.52 bits per heavy atom. The molecule has 2 rings (SSSR count). The van der Waals surface area contributed by atoms with Gasteiger partial charge in [-0.1, -0.05) is 23.2 Å². The number of nitrogens with one attached hydrogen (secondary N) is 1. The van der Waals surface area contributed by atoms with Crippen LogP contribution >= 0.6 is 23.2 Å². The van der Waals surface area contributed by atoms with Crippen molar-refractivity contribution in [2.45, 2.75) is 0 Å². The largest absolute Gasteiger partial charge is 0.395 e. The van der Waals surface area contributed by atoms with E-state index in [0.717, 1.165) is 17.0 Å². The van der Waals surface area contributed by atoms with Gasteiger partial charge in [0.05, 0.1) is 23.9 Å². The Morgan fingerprint density at radius 2 is 1.90 bits per heavy atom. The Hall–Kier alpha value is -1.70. The van der Waals surface area contributed by atoms with Crippen LogP contribution in [-0.2, 0) is 9.59 Å². The third-order valence-electron chi connectivity index (χ3n) is 2.70. The zero-order valence-corrected chi connectivity index (χ0v) is 11.8. The Morgan fingerprint density at radius 1 is 1.24 bits per heavy atom. The molecule has 1 aliphatic rings. The van der Waals surface area contributed by atoms with Crippen LogP contribution in [0.1, 0.15) is 0 Å². The van der Waals surface area contributed by atoms with Gasteiger partial charge in [0.2, 0.25) is 0 Å². The molecule has 0 aromatic heterocycles. The van der Waals surface area contributed by atoms with E-state index in [1.807, 2.05) is 0 Å². The van der Waals surface area contributed by atoms with E-state index >= 15 is 0 Å². The van der Waals surface area contributed by atoms with Crippen LogP contribution in [-0.4, -0.2) is 35.0 Å². The lowest BCUT2D eigenvalue weighted by atomic mass is 10.2. The summed E-state index contributed by atoms with van der Waals surface area (Å²) in [7, 11) is 0. The summed E-state index contributed by atoms with van der Waals surface area (Å²) in [5, 5.41) is 9.84. The fourth-order valence-corrected chi connectivity index (χ4v) is 2.17. The molecule has 112 valence electrons. The van der Waals surface area contributed by atoms with Gasteiger partial charge in [0.25, 0.3) is 11.8 Å². The van der Waals surface area contributed by atoms with Crippen LogP contribution in [0.25, 0.3) is 0 Å². The molecule has 1 aromatic carbocycles. The number of hydrogen-bond acceptors (Lipinski definition) is 4. The standard InChI is InChI=1S/C12H8Cl2F2N2O3/c13-5-3-6(11(16)9(14)10(5)15)17-7-4-8(20)18(1-2-19)12(7)21/h3-4,17,19H,1-2H2. The molecule has 0 saturated carbocycles. The van der Waals surface area contributed by atoms with Crippen LogP contribution in [0, 0.1) is 11.6 Å². The van der Waals surface area contributed by atoms with Gasteiger partial charge >= 0.3 is 0 Å². The first-order valence-electron chi connectivity index (χ1n) is 5.65. The molecule has 0 spiro atoms. The molecule has 2 amide bonds. The summed E-state index contributed by atoms with van der Waals surface area (Å²) in [6.45, 7) is -0.589. The fraction of sp³-hybridized carbons (Fsp3) is 0.167. The molecular weight excluding hydrogens is 329 g/mol. The second-order valence-electron chi connectivity index (χ2n) is 4.05. The minimum atomic E-state index is -1.14. The van der Waals surface area contributed by atoms with Gasteiger partial charge in [0.1, 0.15) is 10.7 Å². The van der Waals surface area contributed by atoms with Crippen molar-refractivity contribution in [1.29, 1.82) is 0 Å². The van der Waals surface area contributed by atoms with Crippen molar-refractivity contribution in [3.05, 3.63) is 39.5 Å². The van der Waals surface area contributed by atoms with Crippen molar-refractivity contribution in [1.82, 2.24) is 4.90 Å². The average Bonchev–Trinajstić information content (AvgIpc) is 2.70. The number of benzene rings is 1. The van der Waals surface area contributed by atoms with Crippen LogP contribution in [0.2, 0.25) is 10.0 Å². The SMILES string of the molecule is O=C1C=C(Nc2cc(Cl)c(F)c(Cl)c2F)C(=O)N1CCO. The highest BCUT2D eigenvalue weighted by Crippen LogP contribution is 2.32. The Balaban J connectivity index is 2.30. The Labute approximate surface area is 127 Å². The third kappa shape index (κ3) is 2.85. The first-order chi connectivity index (χ1) is 9.86. The Kier molecular flexibility index (Phi) is 4.46. The first-order valence-corrected chi connectivity index (χ1v) is 6.40. The zero-order chi connectivity index (χ0) is 15.7. The Bertz CT molecular complexity index is 664. The van der Waals surface area contributed by atoms with Gasteiger partial charge in [-0.25, -0.2) is 8.78 Å². The van der Waals surface area contributed by atoms with Crippen molar-refractivity contribution >= 4 is 40.7 Å². The molecule has 0 aliphatic carbocycles. The quantitative estimate of drug-likeness (QED) is 0.500. The number of hydrogen-bond donors (Lipinski definition) is 2. The van der Waals surface area contributed by atoms with E-state index in [1.165, 1.54) is 0 Å². The normalized spacial score (nSPS) is 14.7. The minimum Gasteiger partial charge on any atom is -0.395 e. The predicted molar refractivity (Wildman–Crippen MR) is 71.9 cm³/mol. The fourth-order valence-electron chi connectivity index (χ4n) is 1.72. The number of carbonyl (C=O) groups is 2. The molecule has 0 atom stereocenters. The van der Waals surface area contributed by atoms with Gasteiger partial charge in [0.15, 0.2) is 11.6 Å². The smallest absolute Gasteiger partial charge is 0.277 e. The number of halogens is 4. The van der Waals surface area contributed by atoms with Crippen molar-refractivity contribution < 1.29 is 23.5 Å². The summed E-state index contributed by atoms with van der Waals surface area (Å²) in [4.78, 5) is 24.1. The van der Waals surface area contributed by atoms with E-state index in [9.17, 15) is 18.4 Å². The summed E-state index contributed by atoms with van der Waals surface area (Å²) in [6, 6.07) is 0.908. The van der Waals surface area contributed by atoms with Crippen molar-refractivity contribution in [3.63, 3.8) is 0 Å². The lowest BCUT2D eigenvalue weighted by Crippen LogP contribution is -2.34. The summed E-state index contributed by atoms with van der Waals surface area (Å²) < 4.78 is 27.1. The van der Waals surface area contributed by atoms with Crippen LogP contribution in [0.5, 0.6) is 0 Å². The summed E-state index contributed by atoms with van der Waals surface area (Å²) in [5.74, 6) is -3.66. The molecular formula is C12H8Cl2F2N2O3. The number of anilines is 1. The van der Waals surface area contributed by atoms with Crippen molar-refractivity contribution in [2.75, 3.05) is 18.5 Å². The minimum absolute atomic E-state index is 0.188. The van der Waals surface area contributed by atoms with Crippen molar-refractivity contribution in [3.8, 4) is 0 Å². The summed E-state index contributed by atoms with van der Waals surface area (Å²) in [6.07, 6.45) is 0.933. The lowest BCUT2D eigenvalue weighted by Gasteiger charge is -2.14. The van der Waals surface area contributed by atoms with Crippen LogP contribution in [0.4, 0.5) is 14.5 Å². The van der Waals surface area contributed by atoms with E-state index in [-0.39, 0.29) is 17.9 Å². The van der Waals surface area contributed by atoms with Crippen LogP contribution in [0.15, 0.2) is 17.8 Å². The summed E-state index contributed by atoms with van der Waals surface area (Å²) in [5.41, 5.74) is -0.573. The topological polar surface area (TPSA) is 69.6 Å². The zero-order valence-electron chi connectivity index (χ0n) is 10.3. The molecule has 1 aliphatic heterocycles. The third-order valence-corrected chi connectivity index (χ3v) is 3.31. The highest BCUT2D eigenvalue weighted by atomic mass is 35.5. The molecule has 0 unspecified atom stereocenters. The van der Waals surface area contributed by atoms with E-state index < -0.39 is 40.1 Å². The number of aliphatic hydroxyl groups excluding tert-OH is 1. The second-order valence-corrected chi connectivity index (χ2v) is 4.83. The lowest BCUT2D eigenvalue weighted by molar-refractivity contribution is -0.137.